The number of hydrogen-bond acceptors (Lipinski definition) is 2. The zero-order valence-corrected chi connectivity index (χ0v) is 19.5. The van der Waals surface area contributed by atoms with E-state index in [1.54, 1.807) is 0 Å². The van der Waals surface area contributed by atoms with Crippen molar-refractivity contribution in [3.05, 3.63) is 34.4 Å². The normalized spacial score (nSPS) is 13.5. The summed E-state index contributed by atoms with van der Waals surface area (Å²) in [6.45, 7) is 12.1. The predicted octanol–water partition coefficient (Wildman–Crippen LogP) is 7.30. The number of carboxylic acids is 1. The van der Waals surface area contributed by atoms with Gasteiger partial charge in [-0.05, 0) is 44.2 Å². The molecular weight excluding hydrogens is 360 g/mol. The highest BCUT2D eigenvalue weighted by atomic mass is 16.4. The molecule has 1 rings (SSSR count). The number of rotatable bonds is 14. The number of benzene rings is 1. The van der Waals surface area contributed by atoms with Crippen LogP contribution in [-0.2, 0) is 4.79 Å². The molecule has 0 aliphatic carbocycles. The van der Waals surface area contributed by atoms with Crippen molar-refractivity contribution < 1.29 is 14.7 Å². The number of carbonyl (C=O) groups is 2. The zero-order valence-electron chi connectivity index (χ0n) is 19.5. The molecule has 0 spiro atoms. The van der Waals surface area contributed by atoms with Crippen LogP contribution in [0.4, 0.5) is 0 Å². The Morgan fingerprint density at radius 3 is 1.79 bits per heavy atom. The molecule has 2 atom stereocenters. The molecule has 3 nitrogen and oxygen atoms in total. The van der Waals surface area contributed by atoms with Crippen LogP contribution in [0.1, 0.15) is 106 Å². The highest BCUT2D eigenvalue weighted by Gasteiger charge is 2.36. The van der Waals surface area contributed by atoms with Crippen LogP contribution in [0.5, 0.6) is 0 Å². The van der Waals surface area contributed by atoms with Gasteiger partial charge in [0.1, 0.15) is 0 Å². The van der Waals surface area contributed by atoms with Crippen LogP contribution < -0.4 is 0 Å². The number of unbranched alkanes of at least 4 members (excludes halogenated alkanes) is 7. The molecule has 0 fully saturated rings. The molecule has 0 aromatic heterocycles. The Morgan fingerprint density at radius 1 is 0.862 bits per heavy atom. The molecule has 0 bridgehead atoms. The van der Waals surface area contributed by atoms with Crippen LogP contribution in [0.25, 0.3) is 0 Å². The number of carboxylic acid groups (broad SMARTS) is 1. The van der Waals surface area contributed by atoms with E-state index in [1.165, 1.54) is 32.1 Å². The van der Waals surface area contributed by atoms with Crippen LogP contribution >= 0.6 is 0 Å². The van der Waals surface area contributed by atoms with Gasteiger partial charge >= 0.3 is 5.97 Å². The Balaban J connectivity index is 2.82. The summed E-state index contributed by atoms with van der Waals surface area (Å²) in [5.74, 6) is -1.91. The Morgan fingerprint density at radius 2 is 1.34 bits per heavy atom. The Labute approximate surface area is 178 Å². The fourth-order valence-corrected chi connectivity index (χ4v) is 4.64. The summed E-state index contributed by atoms with van der Waals surface area (Å²) in [6, 6.07) is 4.04. The van der Waals surface area contributed by atoms with Gasteiger partial charge in [0.05, 0.1) is 5.92 Å². The molecule has 2 unspecified atom stereocenters. The van der Waals surface area contributed by atoms with Gasteiger partial charge in [-0.3, -0.25) is 9.59 Å². The molecule has 164 valence electrons. The van der Waals surface area contributed by atoms with E-state index in [2.05, 4.69) is 6.92 Å². The monoisotopic (exact) mass is 402 g/mol. The minimum Gasteiger partial charge on any atom is -0.481 e. The number of ketones is 1. The number of carbonyl (C=O) groups excluding carboxylic acids is 1. The standard InChI is InChI=1S/C26H42O3/c1-7-8-9-10-11-12-13-14-15-22(26(28)29)23(18(2)3)25(27)24-20(5)16-19(4)17-21(24)6/h16-18,22-23H,7-15H2,1-6H3,(H,28,29). The molecule has 1 N–H and O–H groups in total. The third-order valence-electron chi connectivity index (χ3n) is 6.06. The molecule has 1 aromatic rings. The van der Waals surface area contributed by atoms with E-state index in [0.29, 0.717) is 6.42 Å². The van der Waals surface area contributed by atoms with Crippen molar-refractivity contribution in [2.24, 2.45) is 17.8 Å². The van der Waals surface area contributed by atoms with E-state index in [-0.39, 0.29) is 11.7 Å². The average Bonchev–Trinajstić information content (AvgIpc) is 2.61. The summed E-state index contributed by atoms with van der Waals surface area (Å²) < 4.78 is 0. The van der Waals surface area contributed by atoms with Crippen LogP contribution in [-0.4, -0.2) is 16.9 Å². The molecule has 0 aliphatic rings. The first-order chi connectivity index (χ1) is 13.7. The number of aliphatic carboxylic acids is 1. The van der Waals surface area contributed by atoms with E-state index in [4.69, 9.17) is 0 Å². The third kappa shape index (κ3) is 7.95. The van der Waals surface area contributed by atoms with Gasteiger partial charge in [0, 0.05) is 11.5 Å². The van der Waals surface area contributed by atoms with E-state index in [0.717, 1.165) is 41.5 Å². The Bertz CT molecular complexity index is 637. The molecule has 3 heteroatoms. The first kappa shape index (κ1) is 25.4. The topological polar surface area (TPSA) is 54.4 Å². The Hall–Kier alpha value is -1.64. The Kier molecular flexibility index (Phi) is 11.2. The molecule has 0 saturated heterocycles. The number of aryl methyl sites for hydroxylation is 3. The third-order valence-corrected chi connectivity index (χ3v) is 6.06. The zero-order chi connectivity index (χ0) is 22.0. The quantitative estimate of drug-likeness (QED) is 0.262. The van der Waals surface area contributed by atoms with Gasteiger partial charge in [0.2, 0.25) is 0 Å². The van der Waals surface area contributed by atoms with Crippen molar-refractivity contribution in [2.75, 3.05) is 0 Å². The van der Waals surface area contributed by atoms with Gasteiger partial charge in [-0.25, -0.2) is 0 Å². The summed E-state index contributed by atoms with van der Waals surface area (Å²) in [7, 11) is 0. The van der Waals surface area contributed by atoms with E-state index in [1.807, 2.05) is 46.8 Å². The summed E-state index contributed by atoms with van der Waals surface area (Å²) in [6.07, 6.45) is 10.0. The summed E-state index contributed by atoms with van der Waals surface area (Å²) in [4.78, 5) is 25.5. The molecule has 0 amide bonds. The van der Waals surface area contributed by atoms with Crippen molar-refractivity contribution in [1.29, 1.82) is 0 Å². The summed E-state index contributed by atoms with van der Waals surface area (Å²) >= 11 is 0. The lowest BCUT2D eigenvalue weighted by atomic mass is 9.74. The van der Waals surface area contributed by atoms with E-state index in [9.17, 15) is 14.7 Å². The first-order valence-electron chi connectivity index (χ1n) is 11.6. The smallest absolute Gasteiger partial charge is 0.307 e. The molecule has 29 heavy (non-hydrogen) atoms. The minimum atomic E-state index is -0.831. The van der Waals surface area contributed by atoms with Crippen molar-refractivity contribution in [3.63, 3.8) is 0 Å². The van der Waals surface area contributed by atoms with Gasteiger partial charge in [-0.2, -0.15) is 0 Å². The van der Waals surface area contributed by atoms with E-state index < -0.39 is 17.8 Å². The van der Waals surface area contributed by atoms with Crippen LogP contribution in [0.2, 0.25) is 0 Å². The maximum absolute atomic E-state index is 13.5. The molecule has 0 saturated carbocycles. The van der Waals surface area contributed by atoms with Gasteiger partial charge in [0.15, 0.2) is 5.78 Å². The number of hydrogen-bond donors (Lipinski definition) is 1. The second-order valence-electron chi connectivity index (χ2n) is 9.12. The average molecular weight is 403 g/mol. The highest BCUT2D eigenvalue weighted by Crippen LogP contribution is 2.32. The summed E-state index contributed by atoms with van der Waals surface area (Å²) in [5, 5.41) is 9.92. The maximum Gasteiger partial charge on any atom is 0.307 e. The minimum absolute atomic E-state index is 0.00182. The fraction of sp³-hybridized carbons (Fsp3) is 0.692. The molecule has 1 aromatic carbocycles. The first-order valence-corrected chi connectivity index (χ1v) is 11.6. The van der Waals surface area contributed by atoms with Gasteiger partial charge in [-0.1, -0.05) is 89.8 Å². The maximum atomic E-state index is 13.5. The lowest BCUT2D eigenvalue weighted by Gasteiger charge is -2.27. The van der Waals surface area contributed by atoms with Gasteiger partial charge in [-0.15, -0.1) is 0 Å². The lowest BCUT2D eigenvalue weighted by molar-refractivity contribution is -0.144. The predicted molar refractivity (Wildman–Crippen MR) is 122 cm³/mol. The fourth-order valence-electron chi connectivity index (χ4n) is 4.64. The second-order valence-corrected chi connectivity index (χ2v) is 9.12. The largest absolute Gasteiger partial charge is 0.481 e. The van der Waals surface area contributed by atoms with Crippen molar-refractivity contribution in [3.8, 4) is 0 Å². The van der Waals surface area contributed by atoms with Gasteiger partial charge < -0.3 is 5.11 Å². The van der Waals surface area contributed by atoms with Crippen molar-refractivity contribution >= 4 is 11.8 Å². The highest BCUT2D eigenvalue weighted by molar-refractivity contribution is 6.02. The molecular formula is C26H42O3. The molecule has 0 heterocycles. The van der Waals surface area contributed by atoms with Crippen molar-refractivity contribution in [2.45, 2.75) is 99.3 Å². The van der Waals surface area contributed by atoms with Crippen LogP contribution in [0.15, 0.2) is 12.1 Å². The second kappa shape index (κ2) is 12.8. The van der Waals surface area contributed by atoms with Crippen LogP contribution in [0, 0.1) is 38.5 Å². The summed E-state index contributed by atoms with van der Waals surface area (Å²) in [5.41, 5.74) is 3.76. The van der Waals surface area contributed by atoms with Crippen molar-refractivity contribution in [1.82, 2.24) is 0 Å². The van der Waals surface area contributed by atoms with Gasteiger partial charge in [0.25, 0.3) is 0 Å². The number of Topliss-reactive ketones (excluding diaryl/α,β-unsaturated/α-hetero) is 1. The molecule has 0 radical (unpaired) electrons. The SMILES string of the molecule is CCCCCCCCCCC(C(=O)O)C(C(=O)c1c(C)cc(C)cc1C)C(C)C. The molecule has 0 aliphatic heterocycles. The lowest BCUT2D eigenvalue weighted by Crippen LogP contribution is -2.34. The van der Waals surface area contributed by atoms with E-state index >= 15 is 0 Å². The van der Waals surface area contributed by atoms with Crippen LogP contribution in [0.3, 0.4) is 0 Å².